The normalized spacial score (nSPS) is 15.5. The van der Waals surface area contributed by atoms with Gasteiger partial charge in [-0.1, -0.05) is 15.9 Å². The summed E-state index contributed by atoms with van der Waals surface area (Å²) in [5.41, 5.74) is 0.983. The van der Waals surface area contributed by atoms with Crippen molar-refractivity contribution in [1.82, 2.24) is 4.98 Å². The van der Waals surface area contributed by atoms with E-state index in [1.165, 1.54) is 12.8 Å². The van der Waals surface area contributed by atoms with Gasteiger partial charge in [-0.2, -0.15) is 0 Å². The topological polar surface area (TPSA) is 22.1 Å². The van der Waals surface area contributed by atoms with Crippen LogP contribution in [0.25, 0.3) is 10.9 Å². The van der Waals surface area contributed by atoms with Crippen molar-refractivity contribution >= 4 is 26.8 Å². The minimum absolute atomic E-state index is 0.408. The molecule has 0 N–H and O–H groups in total. The fourth-order valence-electron chi connectivity index (χ4n) is 1.50. The Hall–Kier alpha value is -1.09. The van der Waals surface area contributed by atoms with Gasteiger partial charge >= 0.3 is 0 Å². The minimum atomic E-state index is 0.408. The summed E-state index contributed by atoms with van der Waals surface area (Å²) in [5.74, 6) is 0.743. The minimum Gasteiger partial charge on any atom is -0.474 e. The number of hydrogen-bond donors (Lipinski definition) is 0. The third-order valence-electron chi connectivity index (χ3n) is 2.44. The van der Waals surface area contributed by atoms with Gasteiger partial charge in [0, 0.05) is 15.9 Å². The number of fused-ring (bicyclic) bond motifs is 1. The summed E-state index contributed by atoms with van der Waals surface area (Å²) in [6.45, 7) is 0. The molecule has 2 aromatic rings. The van der Waals surface area contributed by atoms with Gasteiger partial charge in [-0.15, -0.1) is 0 Å². The number of aromatic nitrogens is 1. The van der Waals surface area contributed by atoms with Crippen molar-refractivity contribution in [2.45, 2.75) is 18.9 Å². The Morgan fingerprint density at radius 3 is 2.87 bits per heavy atom. The Morgan fingerprint density at radius 2 is 2.07 bits per heavy atom. The standard InChI is InChI=1S/C12H10BrNO/c13-9-2-5-11-8(7-9)1-6-12(14-11)15-10-3-4-10/h1-2,5-7,10H,3-4H2. The highest BCUT2D eigenvalue weighted by molar-refractivity contribution is 9.10. The number of ether oxygens (including phenoxy) is 1. The van der Waals surface area contributed by atoms with Crippen molar-refractivity contribution in [2.75, 3.05) is 0 Å². The Labute approximate surface area is 96.4 Å². The summed E-state index contributed by atoms with van der Waals surface area (Å²) < 4.78 is 6.72. The maximum absolute atomic E-state index is 5.64. The Morgan fingerprint density at radius 1 is 1.20 bits per heavy atom. The van der Waals surface area contributed by atoms with Gasteiger partial charge in [-0.25, -0.2) is 4.98 Å². The second-order valence-electron chi connectivity index (χ2n) is 3.80. The van der Waals surface area contributed by atoms with E-state index in [4.69, 9.17) is 4.74 Å². The number of benzene rings is 1. The summed E-state index contributed by atoms with van der Waals surface area (Å²) in [6, 6.07) is 10.0. The van der Waals surface area contributed by atoms with Gasteiger partial charge in [0.15, 0.2) is 0 Å². The predicted octanol–water partition coefficient (Wildman–Crippen LogP) is 3.54. The molecule has 76 valence electrons. The quantitative estimate of drug-likeness (QED) is 0.827. The number of halogens is 1. The fraction of sp³-hybridized carbons (Fsp3) is 0.250. The van der Waals surface area contributed by atoms with Crippen LogP contribution in [0.4, 0.5) is 0 Å². The van der Waals surface area contributed by atoms with Crippen LogP contribution in [0.2, 0.25) is 0 Å². The lowest BCUT2D eigenvalue weighted by molar-refractivity contribution is 0.292. The summed E-state index contributed by atoms with van der Waals surface area (Å²) in [5, 5.41) is 1.13. The molecule has 0 atom stereocenters. The van der Waals surface area contributed by atoms with Gasteiger partial charge in [-0.05, 0) is 37.1 Å². The van der Waals surface area contributed by atoms with Gasteiger partial charge in [0.1, 0.15) is 6.10 Å². The third kappa shape index (κ3) is 1.97. The Bertz CT molecular complexity index is 508. The van der Waals surface area contributed by atoms with Crippen molar-refractivity contribution in [3.63, 3.8) is 0 Å². The maximum Gasteiger partial charge on any atom is 0.214 e. The molecule has 3 heteroatoms. The van der Waals surface area contributed by atoms with Crippen LogP contribution in [0.1, 0.15) is 12.8 Å². The van der Waals surface area contributed by atoms with Crippen molar-refractivity contribution < 1.29 is 4.74 Å². The van der Waals surface area contributed by atoms with E-state index in [1.54, 1.807) is 0 Å². The van der Waals surface area contributed by atoms with Crippen LogP contribution in [-0.4, -0.2) is 11.1 Å². The highest BCUT2D eigenvalue weighted by Crippen LogP contribution is 2.27. The number of rotatable bonds is 2. The lowest BCUT2D eigenvalue weighted by atomic mass is 10.2. The van der Waals surface area contributed by atoms with Crippen LogP contribution < -0.4 is 4.74 Å². The SMILES string of the molecule is Brc1ccc2nc(OC3CC3)ccc2c1. The van der Waals surface area contributed by atoms with E-state index >= 15 is 0 Å². The van der Waals surface area contributed by atoms with Gasteiger partial charge < -0.3 is 4.74 Å². The summed E-state index contributed by atoms with van der Waals surface area (Å²) in [6.07, 6.45) is 2.74. The van der Waals surface area contributed by atoms with Crippen molar-refractivity contribution in [3.8, 4) is 5.88 Å². The molecule has 2 nitrogen and oxygen atoms in total. The van der Waals surface area contributed by atoms with E-state index in [1.807, 2.05) is 24.3 Å². The molecule has 1 fully saturated rings. The van der Waals surface area contributed by atoms with Crippen molar-refractivity contribution in [1.29, 1.82) is 0 Å². The molecule has 1 heterocycles. The van der Waals surface area contributed by atoms with Crippen LogP contribution in [0.3, 0.4) is 0 Å². The van der Waals surface area contributed by atoms with Crippen LogP contribution in [0.15, 0.2) is 34.8 Å². The van der Waals surface area contributed by atoms with Crippen molar-refractivity contribution in [2.24, 2.45) is 0 Å². The van der Waals surface area contributed by atoms with E-state index in [9.17, 15) is 0 Å². The van der Waals surface area contributed by atoms with Crippen LogP contribution in [0.5, 0.6) is 5.88 Å². The highest BCUT2D eigenvalue weighted by Gasteiger charge is 2.23. The number of pyridine rings is 1. The van der Waals surface area contributed by atoms with E-state index in [-0.39, 0.29) is 0 Å². The zero-order valence-corrected chi connectivity index (χ0v) is 9.70. The molecule has 0 saturated heterocycles. The van der Waals surface area contributed by atoms with Gasteiger partial charge in [0.05, 0.1) is 5.52 Å². The molecule has 0 radical (unpaired) electrons. The molecular formula is C12H10BrNO. The highest BCUT2D eigenvalue weighted by atomic mass is 79.9. The zero-order valence-electron chi connectivity index (χ0n) is 8.11. The fourth-order valence-corrected chi connectivity index (χ4v) is 1.88. The second kappa shape index (κ2) is 3.49. The molecule has 0 unspecified atom stereocenters. The van der Waals surface area contributed by atoms with E-state index in [2.05, 4.69) is 27.0 Å². The average Bonchev–Trinajstić information content (AvgIpc) is 3.02. The van der Waals surface area contributed by atoms with Gasteiger partial charge in [-0.3, -0.25) is 0 Å². The lowest BCUT2D eigenvalue weighted by Crippen LogP contribution is -1.97. The first-order chi connectivity index (χ1) is 7.31. The molecule has 1 aromatic carbocycles. The van der Waals surface area contributed by atoms with Crippen LogP contribution in [-0.2, 0) is 0 Å². The molecule has 0 spiro atoms. The second-order valence-corrected chi connectivity index (χ2v) is 4.72. The number of nitrogens with zero attached hydrogens (tertiary/aromatic N) is 1. The molecule has 1 aliphatic carbocycles. The summed E-state index contributed by atoms with van der Waals surface area (Å²) in [7, 11) is 0. The maximum atomic E-state index is 5.64. The first kappa shape index (κ1) is 9.16. The van der Waals surface area contributed by atoms with Crippen LogP contribution in [0, 0.1) is 0 Å². The van der Waals surface area contributed by atoms with Gasteiger partial charge in [0.2, 0.25) is 5.88 Å². The summed E-state index contributed by atoms with van der Waals surface area (Å²) >= 11 is 3.44. The first-order valence-electron chi connectivity index (χ1n) is 5.04. The van der Waals surface area contributed by atoms with Crippen LogP contribution >= 0.6 is 15.9 Å². The molecule has 0 bridgehead atoms. The first-order valence-corrected chi connectivity index (χ1v) is 5.83. The largest absolute Gasteiger partial charge is 0.474 e. The van der Waals surface area contributed by atoms with E-state index < -0.39 is 0 Å². The lowest BCUT2D eigenvalue weighted by Gasteiger charge is -2.04. The molecule has 1 aromatic heterocycles. The smallest absolute Gasteiger partial charge is 0.214 e. The third-order valence-corrected chi connectivity index (χ3v) is 2.93. The Balaban J connectivity index is 2.01. The molecule has 1 saturated carbocycles. The molecule has 3 rings (SSSR count). The van der Waals surface area contributed by atoms with E-state index in [0.717, 1.165) is 21.3 Å². The zero-order chi connectivity index (χ0) is 10.3. The molecule has 0 amide bonds. The molecule has 1 aliphatic rings. The molecule has 0 aliphatic heterocycles. The Kier molecular flexibility index (Phi) is 2.13. The summed E-state index contributed by atoms with van der Waals surface area (Å²) in [4.78, 5) is 4.45. The monoisotopic (exact) mass is 263 g/mol. The van der Waals surface area contributed by atoms with Gasteiger partial charge in [0.25, 0.3) is 0 Å². The number of hydrogen-bond acceptors (Lipinski definition) is 2. The predicted molar refractivity (Wildman–Crippen MR) is 63.1 cm³/mol. The van der Waals surface area contributed by atoms with E-state index in [0.29, 0.717) is 6.10 Å². The molecular weight excluding hydrogens is 254 g/mol. The molecule has 15 heavy (non-hydrogen) atoms. The average molecular weight is 264 g/mol. The van der Waals surface area contributed by atoms with Crippen molar-refractivity contribution in [3.05, 3.63) is 34.8 Å².